The van der Waals surface area contributed by atoms with E-state index in [0.29, 0.717) is 0 Å². The maximum Gasteiger partial charge on any atom is 0.225 e. The first-order chi connectivity index (χ1) is 10.5. The second-order valence-corrected chi connectivity index (χ2v) is 6.43. The number of amides is 1. The highest BCUT2D eigenvalue weighted by Crippen LogP contribution is 2.22. The van der Waals surface area contributed by atoms with Gasteiger partial charge in [-0.3, -0.25) is 4.79 Å². The molecule has 0 fully saturated rings. The van der Waals surface area contributed by atoms with E-state index in [-0.39, 0.29) is 23.9 Å². The quantitative estimate of drug-likeness (QED) is 0.847. The van der Waals surface area contributed by atoms with E-state index >= 15 is 0 Å². The van der Waals surface area contributed by atoms with E-state index in [4.69, 9.17) is 5.73 Å². The van der Waals surface area contributed by atoms with Crippen LogP contribution in [-0.2, 0) is 4.79 Å². The molecule has 2 aromatic carbocycles. The topological polar surface area (TPSA) is 55.1 Å². The predicted molar refractivity (Wildman–Crippen MR) is 93.2 cm³/mol. The molecule has 0 aliphatic rings. The summed E-state index contributed by atoms with van der Waals surface area (Å²) in [5, 5.41) is 3.03. The van der Waals surface area contributed by atoms with Crippen LogP contribution in [0, 0.1) is 5.92 Å². The molecule has 1 amide bonds. The minimum absolute atomic E-state index is 0.0381. The predicted octanol–water partition coefficient (Wildman–Crippen LogP) is 3.96. The second kappa shape index (κ2) is 7.56. The lowest BCUT2D eigenvalue weighted by atomic mass is 9.94. The van der Waals surface area contributed by atoms with E-state index in [9.17, 15) is 4.79 Å². The summed E-state index contributed by atoms with van der Waals surface area (Å²) in [6.07, 6.45) is 0. The summed E-state index contributed by atoms with van der Waals surface area (Å²) in [6, 6.07) is 17.3. The highest BCUT2D eigenvalue weighted by Gasteiger charge is 2.23. The molecule has 22 heavy (non-hydrogen) atoms. The standard InChI is InChI=1S/C18H21BrN2O/c1-12(17(20)14-7-4-3-5-8-14)18(22)21-13(2)15-9-6-10-16(19)11-15/h3-13,17H,20H2,1-2H3,(H,21,22). The van der Waals surface area contributed by atoms with Gasteiger partial charge in [0.05, 0.1) is 12.0 Å². The largest absolute Gasteiger partial charge is 0.349 e. The summed E-state index contributed by atoms with van der Waals surface area (Å²) in [6.45, 7) is 3.83. The Morgan fingerprint density at radius 3 is 2.32 bits per heavy atom. The molecule has 3 unspecified atom stereocenters. The van der Waals surface area contributed by atoms with Crippen LogP contribution in [0.25, 0.3) is 0 Å². The Balaban J connectivity index is 2.02. The van der Waals surface area contributed by atoms with Gasteiger partial charge in [-0.15, -0.1) is 0 Å². The summed E-state index contributed by atoms with van der Waals surface area (Å²) in [5.74, 6) is -0.333. The Morgan fingerprint density at radius 1 is 1.05 bits per heavy atom. The fraction of sp³-hybridized carbons (Fsp3) is 0.278. The molecule has 116 valence electrons. The molecule has 2 aromatic rings. The van der Waals surface area contributed by atoms with Crippen molar-refractivity contribution in [3.8, 4) is 0 Å². The van der Waals surface area contributed by atoms with Crippen LogP contribution < -0.4 is 11.1 Å². The number of hydrogen-bond acceptors (Lipinski definition) is 2. The van der Waals surface area contributed by atoms with E-state index in [2.05, 4.69) is 21.2 Å². The third-order valence-electron chi connectivity index (χ3n) is 3.84. The van der Waals surface area contributed by atoms with Gasteiger partial charge in [0, 0.05) is 10.5 Å². The molecule has 0 aliphatic heterocycles. The highest BCUT2D eigenvalue weighted by atomic mass is 79.9. The third kappa shape index (κ3) is 4.18. The van der Waals surface area contributed by atoms with Gasteiger partial charge in [0.15, 0.2) is 0 Å². The van der Waals surface area contributed by atoms with Crippen LogP contribution in [0.1, 0.15) is 37.1 Å². The van der Waals surface area contributed by atoms with Crippen molar-refractivity contribution in [3.05, 3.63) is 70.2 Å². The van der Waals surface area contributed by atoms with Crippen molar-refractivity contribution in [1.82, 2.24) is 5.32 Å². The lowest BCUT2D eigenvalue weighted by Crippen LogP contribution is -2.36. The molecule has 0 radical (unpaired) electrons. The van der Waals surface area contributed by atoms with Gasteiger partial charge in [-0.2, -0.15) is 0 Å². The molecule has 0 aromatic heterocycles. The van der Waals surface area contributed by atoms with Crippen LogP contribution in [0.2, 0.25) is 0 Å². The minimum atomic E-state index is -0.309. The molecule has 0 aliphatic carbocycles. The van der Waals surface area contributed by atoms with E-state index in [1.165, 1.54) is 0 Å². The smallest absolute Gasteiger partial charge is 0.225 e. The van der Waals surface area contributed by atoms with Crippen molar-refractivity contribution in [3.63, 3.8) is 0 Å². The fourth-order valence-corrected chi connectivity index (χ4v) is 2.75. The lowest BCUT2D eigenvalue weighted by molar-refractivity contribution is -0.125. The van der Waals surface area contributed by atoms with Crippen LogP contribution >= 0.6 is 15.9 Å². The average Bonchev–Trinajstić information content (AvgIpc) is 2.54. The number of halogens is 1. The van der Waals surface area contributed by atoms with Crippen LogP contribution in [-0.4, -0.2) is 5.91 Å². The highest BCUT2D eigenvalue weighted by molar-refractivity contribution is 9.10. The average molecular weight is 361 g/mol. The summed E-state index contributed by atoms with van der Waals surface area (Å²) in [4.78, 5) is 12.4. The van der Waals surface area contributed by atoms with Crippen LogP contribution in [0.3, 0.4) is 0 Å². The summed E-state index contributed by atoms with van der Waals surface area (Å²) in [5.41, 5.74) is 8.24. The van der Waals surface area contributed by atoms with Gasteiger partial charge in [-0.25, -0.2) is 0 Å². The van der Waals surface area contributed by atoms with E-state index in [0.717, 1.165) is 15.6 Å². The molecule has 0 saturated heterocycles. The van der Waals surface area contributed by atoms with Gasteiger partial charge >= 0.3 is 0 Å². The first kappa shape index (κ1) is 16.7. The monoisotopic (exact) mass is 360 g/mol. The molecule has 4 heteroatoms. The Labute approximate surface area is 140 Å². The van der Waals surface area contributed by atoms with Crippen molar-refractivity contribution in [2.24, 2.45) is 11.7 Å². The van der Waals surface area contributed by atoms with E-state index < -0.39 is 0 Å². The lowest BCUT2D eigenvalue weighted by Gasteiger charge is -2.22. The maximum absolute atomic E-state index is 12.4. The summed E-state index contributed by atoms with van der Waals surface area (Å²) < 4.78 is 1.00. The van der Waals surface area contributed by atoms with E-state index in [1.54, 1.807) is 0 Å². The van der Waals surface area contributed by atoms with Crippen LogP contribution in [0.15, 0.2) is 59.1 Å². The number of nitrogens with one attached hydrogen (secondary N) is 1. The molecule has 0 spiro atoms. The Kier molecular flexibility index (Phi) is 5.75. The molecule has 0 heterocycles. The van der Waals surface area contributed by atoms with E-state index in [1.807, 2.05) is 68.4 Å². The Hall–Kier alpha value is -1.65. The first-order valence-corrected chi connectivity index (χ1v) is 8.14. The number of nitrogens with two attached hydrogens (primary N) is 1. The SMILES string of the molecule is CC(NC(=O)C(C)C(N)c1ccccc1)c1cccc(Br)c1. The van der Waals surface area contributed by atoms with Crippen molar-refractivity contribution in [2.45, 2.75) is 25.9 Å². The number of benzene rings is 2. The molecule has 3 nitrogen and oxygen atoms in total. The van der Waals surface area contributed by atoms with Gasteiger partial charge in [-0.05, 0) is 30.2 Å². The second-order valence-electron chi connectivity index (χ2n) is 5.51. The zero-order chi connectivity index (χ0) is 16.1. The zero-order valence-electron chi connectivity index (χ0n) is 12.8. The van der Waals surface area contributed by atoms with Crippen molar-refractivity contribution in [2.75, 3.05) is 0 Å². The van der Waals surface area contributed by atoms with Gasteiger partial charge in [0.1, 0.15) is 0 Å². The number of hydrogen-bond donors (Lipinski definition) is 2. The Bertz CT molecular complexity index is 630. The molecular formula is C18H21BrN2O. The number of carbonyl (C=O) groups excluding carboxylic acids is 1. The van der Waals surface area contributed by atoms with Gasteiger partial charge in [-0.1, -0.05) is 65.3 Å². The number of rotatable bonds is 5. The van der Waals surface area contributed by atoms with Crippen LogP contribution in [0.4, 0.5) is 0 Å². The van der Waals surface area contributed by atoms with Gasteiger partial charge < -0.3 is 11.1 Å². The minimum Gasteiger partial charge on any atom is -0.349 e. The third-order valence-corrected chi connectivity index (χ3v) is 4.34. The van der Waals surface area contributed by atoms with Crippen molar-refractivity contribution in [1.29, 1.82) is 0 Å². The van der Waals surface area contributed by atoms with Gasteiger partial charge in [0.2, 0.25) is 5.91 Å². The molecule has 0 bridgehead atoms. The van der Waals surface area contributed by atoms with Gasteiger partial charge in [0.25, 0.3) is 0 Å². The molecule has 0 saturated carbocycles. The zero-order valence-corrected chi connectivity index (χ0v) is 14.4. The molecule has 2 rings (SSSR count). The normalized spacial score (nSPS) is 14.9. The fourth-order valence-electron chi connectivity index (χ4n) is 2.33. The Morgan fingerprint density at radius 2 is 1.68 bits per heavy atom. The molecule has 3 atom stereocenters. The number of carbonyl (C=O) groups is 1. The van der Waals surface area contributed by atoms with Crippen molar-refractivity contribution >= 4 is 21.8 Å². The maximum atomic E-state index is 12.4. The molecular weight excluding hydrogens is 340 g/mol. The van der Waals surface area contributed by atoms with Crippen LogP contribution in [0.5, 0.6) is 0 Å². The van der Waals surface area contributed by atoms with Crippen molar-refractivity contribution < 1.29 is 4.79 Å². The summed E-state index contributed by atoms with van der Waals surface area (Å²) >= 11 is 3.45. The summed E-state index contributed by atoms with van der Waals surface area (Å²) in [7, 11) is 0. The first-order valence-electron chi connectivity index (χ1n) is 7.35. The molecule has 3 N–H and O–H groups in total.